The topological polar surface area (TPSA) is 41.9 Å². The van der Waals surface area contributed by atoms with Crippen LogP contribution in [0.3, 0.4) is 0 Å². The molecular weight excluding hydrogens is 446 g/mol. The molecule has 0 radical (unpaired) electrons. The Kier molecular flexibility index (Phi) is 13.0. The van der Waals surface area contributed by atoms with E-state index in [9.17, 15) is 5.11 Å². The Labute approximate surface area is 213 Å². The van der Waals surface area contributed by atoms with Gasteiger partial charge in [-0.05, 0) is 36.1 Å². The summed E-state index contributed by atoms with van der Waals surface area (Å²) in [4.78, 5) is 2.44. The van der Waals surface area contributed by atoms with Crippen LogP contribution in [-0.4, -0.2) is 49.5 Å². The molecule has 2 unspecified atom stereocenters. The number of morpholine rings is 1. The summed E-state index contributed by atoms with van der Waals surface area (Å²) < 4.78 is 11.5. The first kappa shape index (κ1) is 28.6. The van der Waals surface area contributed by atoms with Crippen LogP contribution in [-0.2, 0) is 10.3 Å². The molecule has 0 amide bonds. The van der Waals surface area contributed by atoms with Crippen molar-refractivity contribution >= 4 is 12.4 Å². The zero-order chi connectivity index (χ0) is 23.4. The summed E-state index contributed by atoms with van der Waals surface area (Å²) in [6.45, 7) is 9.32. The largest absolute Gasteiger partial charge is 0.494 e. The molecule has 1 fully saturated rings. The van der Waals surface area contributed by atoms with Crippen molar-refractivity contribution in [2.45, 2.75) is 70.3 Å². The van der Waals surface area contributed by atoms with E-state index in [4.69, 9.17) is 9.47 Å². The molecule has 4 nitrogen and oxygen atoms in total. The average molecular weight is 490 g/mol. The fraction of sp³-hybridized carbons (Fsp3) is 0.586. The monoisotopic (exact) mass is 489 g/mol. The van der Waals surface area contributed by atoms with E-state index < -0.39 is 5.60 Å². The van der Waals surface area contributed by atoms with Crippen molar-refractivity contribution in [3.8, 4) is 5.75 Å². The third-order valence-electron chi connectivity index (χ3n) is 6.86. The number of hydrogen-bond donors (Lipinski definition) is 1. The van der Waals surface area contributed by atoms with Crippen molar-refractivity contribution in [2.24, 2.45) is 0 Å². The molecule has 0 spiro atoms. The predicted molar refractivity (Wildman–Crippen MR) is 143 cm³/mol. The van der Waals surface area contributed by atoms with E-state index >= 15 is 0 Å². The zero-order valence-corrected chi connectivity index (χ0v) is 21.9. The summed E-state index contributed by atoms with van der Waals surface area (Å²) in [6, 6.07) is 18.8. The minimum atomic E-state index is -0.935. The number of rotatable bonds is 14. The first-order valence-corrected chi connectivity index (χ1v) is 13.0. The Bertz CT molecular complexity index is 780. The lowest BCUT2D eigenvalue weighted by molar-refractivity contribution is -0.0296. The van der Waals surface area contributed by atoms with E-state index in [-0.39, 0.29) is 18.3 Å². The first-order valence-electron chi connectivity index (χ1n) is 13.0. The molecule has 3 rings (SSSR count). The molecule has 1 aliphatic heterocycles. The second-order valence-corrected chi connectivity index (χ2v) is 9.34. The highest BCUT2D eigenvalue weighted by molar-refractivity contribution is 5.85. The minimum absolute atomic E-state index is 0. The Balaban J connectivity index is 0.00000408. The molecule has 1 N–H and O–H groups in total. The Morgan fingerprint density at radius 1 is 0.912 bits per heavy atom. The van der Waals surface area contributed by atoms with Gasteiger partial charge in [0.25, 0.3) is 0 Å². The standard InChI is InChI=1S/C29H43NO3.ClH/c1-3-5-7-11-18-29(31,26-14-16-27(17-15-26)33-21-6-4-2)28(25-12-9-8-10-13-25)24-30-19-22-32-23-20-30;/h8-10,12-17,28,31H,3-7,11,18-24H2,1-2H3;1H. The molecule has 1 aliphatic rings. The smallest absolute Gasteiger partial charge is 0.119 e. The summed E-state index contributed by atoms with van der Waals surface area (Å²) in [7, 11) is 0. The minimum Gasteiger partial charge on any atom is -0.494 e. The third-order valence-corrected chi connectivity index (χ3v) is 6.86. The lowest BCUT2D eigenvalue weighted by Crippen LogP contribution is -2.45. The van der Waals surface area contributed by atoms with E-state index in [0.717, 1.165) is 82.9 Å². The van der Waals surface area contributed by atoms with E-state index in [1.54, 1.807) is 0 Å². The second kappa shape index (κ2) is 15.4. The molecule has 2 aromatic rings. The van der Waals surface area contributed by atoms with Crippen LogP contribution in [0, 0.1) is 0 Å². The molecule has 0 aromatic heterocycles. The highest BCUT2D eigenvalue weighted by Crippen LogP contribution is 2.42. The maximum Gasteiger partial charge on any atom is 0.119 e. The maximum atomic E-state index is 12.4. The lowest BCUT2D eigenvalue weighted by atomic mass is 9.74. The maximum absolute atomic E-state index is 12.4. The van der Waals surface area contributed by atoms with Crippen molar-refractivity contribution < 1.29 is 14.6 Å². The van der Waals surface area contributed by atoms with Gasteiger partial charge in [0.1, 0.15) is 5.75 Å². The number of unbranched alkanes of at least 4 members (excludes halogenated alkanes) is 4. The van der Waals surface area contributed by atoms with Crippen LogP contribution in [0.1, 0.15) is 75.8 Å². The van der Waals surface area contributed by atoms with Crippen molar-refractivity contribution in [1.82, 2.24) is 4.90 Å². The van der Waals surface area contributed by atoms with Gasteiger partial charge in [0.05, 0.1) is 25.4 Å². The van der Waals surface area contributed by atoms with Crippen LogP contribution in [0.4, 0.5) is 0 Å². The van der Waals surface area contributed by atoms with Crippen molar-refractivity contribution in [1.29, 1.82) is 0 Å². The summed E-state index contributed by atoms with van der Waals surface area (Å²) in [6.07, 6.45) is 7.50. The van der Waals surface area contributed by atoms with Crippen LogP contribution in [0.15, 0.2) is 54.6 Å². The molecule has 0 bridgehead atoms. The van der Waals surface area contributed by atoms with Gasteiger partial charge in [0.15, 0.2) is 0 Å². The molecule has 1 saturated heterocycles. The number of hydrogen-bond acceptors (Lipinski definition) is 4. The van der Waals surface area contributed by atoms with Gasteiger partial charge < -0.3 is 14.6 Å². The number of benzene rings is 2. The fourth-order valence-electron chi connectivity index (χ4n) is 4.77. The Hall–Kier alpha value is -1.59. The molecule has 0 saturated carbocycles. The number of aliphatic hydroxyl groups is 1. The molecule has 190 valence electrons. The second-order valence-electron chi connectivity index (χ2n) is 9.34. The highest BCUT2D eigenvalue weighted by Gasteiger charge is 2.40. The van der Waals surface area contributed by atoms with Crippen LogP contribution in [0.25, 0.3) is 0 Å². The van der Waals surface area contributed by atoms with Gasteiger partial charge in [-0.3, -0.25) is 4.90 Å². The van der Waals surface area contributed by atoms with Gasteiger partial charge in [0.2, 0.25) is 0 Å². The number of nitrogens with zero attached hydrogens (tertiary/aromatic N) is 1. The third kappa shape index (κ3) is 8.27. The van der Waals surface area contributed by atoms with Crippen LogP contribution >= 0.6 is 12.4 Å². The van der Waals surface area contributed by atoms with Gasteiger partial charge in [-0.25, -0.2) is 0 Å². The predicted octanol–water partition coefficient (Wildman–Crippen LogP) is 6.56. The molecule has 0 aliphatic carbocycles. The summed E-state index contributed by atoms with van der Waals surface area (Å²) in [5.41, 5.74) is 1.25. The van der Waals surface area contributed by atoms with E-state index in [1.165, 1.54) is 18.4 Å². The molecule has 34 heavy (non-hydrogen) atoms. The summed E-state index contributed by atoms with van der Waals surface area (Å²) in [5.74, 6) is 0.871. The summed E-state index contributed by atoms with van der Waals surface area (Å²) >= 11 is 0. The number of ether oxygens (including phenoxy) is 2. The molecule has 5 heteroatoms. The van der Waals surface area contributed by atoms with Crippen LogP contribution in [0.2, 0.25) is 0 Å². The number of halogens is 1. The summed E-state index contributed by atoms with van der Waals surface area (Å²) in [5, 5.41) is 12.4. The van der Waals surface area contributed by atoms with Crippen molar-refractivity contribution in [3.05, 3.63) is 65.7 Å². The van der Waals surface area contributed by atoms with Gasteiger partial charge in [-0.15, -0.1) is 12.4 Å². The average Bonchev–Trinajstić information content (AvgIpc) is 2.87. The molecule has 2 atom stereocenters. The van der Waals surface area contributed by atoms with Gasteiger partial charge in [-0.2, -0.15) is 0 Å². The fourth-order valence-corrected chi connectivity index (χ4v) is 4.77. The van der Waals surface area contributed by atoms with E-state index in [0.29, 0.717) is 0 Å². The molecule has 1 heterocycles. The highest BCUT2D eigenvalue weighted by atomic mass is 35.5. The Morgan fingerprint density at radius 3 is 2.24 bits per heavy atom. The van der Waals surface area contributed by atoms with E-state index in [2.05, 4.69) is 61.2 Å². The van der Waals surface area contributed by atoms with Gasteiger partial charge >= 0.3 is 0 Å². The molecular formula is C29H44ClNO3. The quantitative estimate of drug-likeness (QED) is 0.305. The van der Waals surface area contributed by atoms with Crippen molar-refractivity contribution in [3.63, 3.8) is 0 Å². The van der Waals surface area contributed by atoms with E-state index in [1.807, 2.05) is 12.1 Å². The van der Waals surface area contributed by atoms with Crippen molar-refractivity contribution in [2.75, 3.05) is 39.5 Å². The van der Waals surface area contributed by atoms with Gasteiger partial charge in [-0.1, -0.05) is 88.4 Å². The first-order chi connectivity index (χ1) is 16.2. The van der Waals surface area contributed by atoms with Crippen LogP contribution in [0.5, 0.6) is 5.75 Å². The zero-order valence-electron chi connectivity index (χ0n) is 21.1. The molecule has 2 aromatic carbocycles. The normalized spacial score (nSPS) is 16.9. The van der Waals surface area contributed by atoms with Gasteiger partial charge in [0, 0.05) is 25.6 Å². The SMILES string of the molecule is CCCCCCC(O)(c1ccc(OCCCC)cc1)C(CN1CCOCC1)c1ccccc1.Cl. The Morgan fingerprint density at radius 2 is 1.59 bits per heavy atom. The van der Waals surface area contributed by atoms with Crippen LogP contribution < -0.4 is 4.74 Å². The lowest BCUT2D eigenvalue weighted by Gasteiger charge is -2.41.